The van der Waals surface area contributed by atoms with E-state index in [1.165, 1.54) is 11.1 Å². The largest absolute Gasteiger partial charge is 0.481 e. The summed E-state index contributed by atoms with van der Waals surface area (Å²) in [4.78, 5) is 11.7. The van der Waals surface area contributed by atoms with E-state index in [0.29, 0.717) is 12.8 Å². The molecule has 1 aromatic carbocycles. The normalized spacial score (nSPS) is 16.3. The molecular weight excluding hydrogens is 240 g/mol. The molecule has 0 amide bonds. The Morgan fingerprint density at radius 3 is 2.16 bits per heavy atom. The summed E-state index contributed by atoms with van der Waals surface area (Å²) < 4.78 is 0. The second-order valence-electron chi connectivity index (χ2n) is 5.60. The second kappa shape index (κ2) is 6.20. The van der Waals surface area contributed by atoms with Gasteiger partial charge in [-0.15, -0.1) is 0 Å². The van der Waals surface area contributed by atoms with E-state index in [1.54, 1.807) is 0 Å². The van der Waals surface area contributed by atoms with Crippen LogP contribution in [0, 0.1) is 5.41 Å². The van der Waals surface area contributed by atoms with Gasteiger partial charge in [0.1, 0.15) is 0 Å². The van der Waals surface area contributed by atoms with Crippen molar-refractivity contribution in [2.75, 3.05) is 6.61 Å². The average molecular weight is 262 g/mol. The molecule has 1 aliphatic rings. The highest BCUT2D eigenvalue weighted by Crippen LogP contribution is 2.41. The van der Waals surface area contributed by atoms with Gasteiger partial charge in [-0.05, 0) is 36.8 Å². The molecule has 104 valence electrons. The number of unbranched alkanes of at least 4 members (excludes halogenated alkanes) is 3. The molecule has 0 fully saturated rings. The average Bonchev–Trinajstić information content (AvgIpc) is 2.78. The molecule has 1 aliphatic carbocycles. The SMILES string of the molecule is O=C(O)C1(CCCCCCO)Cc2ccccc2C1. The topological polar surface area (TPSA) is 57.5 Å². The molecule has 0 heterocycles. The van der Waals surface area contributed by atoms with Crippen LogP contribution in [-0.2, 0) is 17.6 Å². The fraction of sp³-hybridized carbons (Fsp3) is 0.562. The van der Waals surface area contributed by atoms with E-state index in [-0.39, 0.29) is 6.61 Å². The molecule has 0 aromatic heterocycles. The predicted octanol–water partition coefficient (Wildman–Crippen LogP) is 2.80. The summed E-state index contributed by atoms with van der Waals surface area (Å²) in [5, 5.41) is 18.3. The maximum Gasteiger partial charge on any atom is 0.310 e. The Hall–Kier alpha value is -1.35. The van der Waals surface area contributed by atoms with E-state index in [2.05, 4.69) is 0 Å². The first kappa shape index (κ1) is 14.1. The van der Waals surface area contributed by atoms with Gasteiger partial charge in [-0.2, -0.15) is 0 Å². The van der Waals surface area contributed by atoms with E-state index in [0.717, 1.165) is 32.1 Å². The van der Waals surface area contributed by atoms with Gasteiger partial charge >= 0.3 is 5.97 Å². The number of carboxylic acid groups (broad SMARTS) is 1. The van der Waals surface area contributed by atoms with Gasteiger partial charge in [-0.1, -0.05) is 43.5 Å². The summed E-state index contributed by atoms with van der Waals surface area (Å²) >= 11 is 0. The summed E-state index contributed by atoms with van der Waals surface area (Å²) in [5.74, 6) is -0.661. The minimum Gasteiger partial charge on any atom is -0.481 e. The molecule has 3 nitrogen and oxygen atoms in total. The minimum absolute atomic E-state index is 0.232. The quantitative estimate of drug-likeness (QED) is 0.743. The van der Waals surface area contributed by atoms with Gasteiger partial charge in [0.25, 0.3) is 0 Å². The van der Waals surface area contributed by atoms with E-state index in [4.69, 9.17) is 5.11 Å². The van der Waals surface area contributed by atoms with Gasteiger partial charge in [-0.25, -0.2) is 0 Å². The van der Waals surface area contributed by atoms with Crippen molar-refractivity contribution in [3.63, 3.8) is 0 Å². The standard InChI is InChI=1S/C16H22O3/c17-10-6-2-1-5-9-16(15(18)19)11-13-7-3-4-8-14(13)12-16/h3-4,7-8,17H,1-2,5-6,9-12H2,(H,18,19). The van der Waals surface area contributed by atoms with Crippen LogP contribution in [0.5, 0.6) is 0 Å². The highest BCUT2D eigenvalue weighted by molar-refractivity contribution is 5.77. The molecule has 2 rings (SSSR count). The number of carboxylic acids is 1. The Labute approximate surface area is 114 Å². The maximum atomic E-state index is 11.7. The molecule has 0 bridgehead atoms. The van der Waals surface area contributed by atoms with E-state index in [1.807, 2.05) is 24.3 Å². The van der Waals surface area contributed by atoms with Gasteiger partial charge in [-0.3, -0.25) is 4.79 Å². The van der Waals surface area contributed by atoms with Crippen molar-refractivity contribution in [2.24, 2.45) is 5.41 Å². The van der Waals surface area contributed by atoms with Gasteiger partial charge in [0, 0.05) is 6.61 Å². The van der Waals surface area contributed by atoms with Crippen LogP contribution in [0.25, 0.3) is 0 Å². The van der Waals surface area contributed by atoms with Crippen LogP contribution in [0.2, 0.25) is 0 Å². The van der Waals surface area contributed by atoms with Crippen LogP contribution in [0.1, 0.15) is 43.2 Å². The summed E-state index contributed by atoms with van der Waals surface area (Å²) in [6.45, 7) is 0.232. The molecule has 0 unspecified atom stereocenters. The van der Waals surface area contributed by atoms with Crippen LogP contribution in [0.3, 0.4) is 0 Å². The van der Waals surface area contributed by atoms with E-state index >= 15 is 0 Å². The fourth-order valence-electron chi connectivity index (χ4n) is 3.06. The van der Waals surface area contributed by atoms with Crippen molar-refractivity contribution < 1.29 is 15.0 Å². The lowest BCUT2D eigenvalue weighted by atomic mass is 9.79. The molecule has 0 atom stereocenters. The zero-order chi connectivity index (χ0) is 13.7. The van der Waals surface area contributed by atoms with Crippen molar-refractivity contribution in [3.8, 4) is 0 Å². The monoisotopic (exact) mass is 262 g/mol. The third-order valence-electron chi connectivity index (χ3n) is 4.19. The van der Waals surface area contributed by atoms with E-state index in [9.17, 15) is 9.90 Å². The summed E-state index contributed by atoms with van der Waals surface area (Å²) in [5.41, 5.74) is 1.80. The number of fused-ring (bicyclic) bond motifs is 1. The maximum absolute atomic E-state index is 11.7. The number of rotatable bonds is 7. The molecular formula is C16H22O3. The third-order valence-corrected chi connectivity index (χ3v) is 4.19. The van der Waals surface area contributed by atoms with Crippen LogP contribution in [-0.4, -0.2) is 22.8 Å². The number of carbonyl (C=O) groups is 1. The Kier molecular flexibility index (Phi) is 4.59. The van der Waals surface area contributed by atoms with Crippen molar-refractivity contribution in [3.05, 3.63) is 35.4 Å². The predicted molar refractivity (Wildman–Crippen MR) is 74.1 cm³/mol. The van der Waals surface area contributed by atoms with Crippen molar-refractivity contribution >= 4 is 5.97 Å². The molecule has 0 aliphatic heterocycles. The number of benzene rings is 1. The Bertz CT molecular complexity index is 414. The molecule has 1 aromatic rings. The first-order valence-corrected chi connectivity index (χ1v) is 7.09. The molecule has 3 heteroatoms. The number of hydrogen-bond donors (Lipinski definition) is 2. The van der Waals surface area contributed by atoms with Crippen molar-refractivity contribution in [1.29, 1.82) is 0 Å². The van der Waals surface area contributed by atoms with Crippen molar-refractivity contribution in [2.45, 2.75) is 44.9 Å². The van der Waals surface area contributed by atoms with Gasteiger partial charge in [0.2, 0.25) is 0 Å². The highest BCUT2D eigenvalue weighted by Gasteiger charge is 2.43. The first-order valence-electron chi connectivity index (χ1n) is 7.09. The van der Waals surface area contributed by atoms with Gasteiger partial charge in [0.05, 0.1) is 5.41 Å². The van der Waals surface area contributed by atoms with Crippen LogP contribution < -0.4 is 0 Å². The molecule has 19 heavy (non-hydrogen) atoms. The number of aliphatic carboxylic acids is 1. The zero-order valence-corrected chi connectivity index (χ0v) is 11.3. The Balaban J connectivity index is 1.96. The molecule has 0 saturated carbocycles. The third kappa shape index (κ3) is 3.16. The summed E-state index contributed by atoms with van der Waals surface area (Å²) in [6, 6.07) is 8.06. The second-order valence-corrected chi connectivity index (χ2v) is 5.60. The molecule has 0 radical (unpaired) electrons. The Morgan fingerprint density at radius 2 is 1.63 bits per heavy atom. The van der Waals surface area contributed by atoms with Gasteiger partial charge in [0.15, 0.2) is 0 Å². The lowest BCUT2D eigenvalue weighted by Crippen LogP contribution is -2.31. The summed E-state index contributed by atoms with van der Waals surface area (Å²) in [6.07, 6.45) is 5.81. The van der Waals surface area contributed by atoms with Crippen LogP contribution >= 0.6 is 0 Å². The fourth-order valence-corrected chi connectivity index (χ4v) is 3.06. The lowest BCUT2D eigenvalue weighted by Gasteiger charge is -2.23. The first-order chi connectivity index (χ1) is 9.18. The molecule has 0 saturated heterocycles. The Morgan fingerprint density at radius 1 is 1.05 bits per heavy atom. The summed E-state index contributed by atoms with van der Waals surface area (Å²) in [7, 11) is 0. The highest BCUT2D eigenvalue weighted by atomic mass is 16.4. The molecule has 2 N–H and O–H groups in total. The number of aliphatic hydroxyl groups is 1. The van der Waals surface area contributed by atoms with Crippen molar-refractivity contribution in [1.82, 2.24) is 0 Å². The minimum atomic E-state index is -0.661. The zero-order valence-electron chi connectivity index (χ0n) is 11.3. The smallest absolute Gasteiger partial charge is 0.310 e. The van der Waals surface area contributed by atoms with Crippen LogP contribution in [0.15, 0.2) is 24.3 Å². The van der Waals surface area contributed by atoms with Gasteiger partial charge < -0.3 is 10.2 Å². The lowest BCUT2D eigenvalue weighted by molar-refractivity contribution is -0.149. The number of hydrogen-bond acceptors (Lipinski definition) is 2. The number of aliphatic hydroxyl groups excluding tert-OH is 1. The van der Waals surface area contributed by atoms with Crippen LogP contribution in [0.4, 0.5) is 0 Å². The van der Waals surface area contributed by atoms with E-state index < -0.39 is 11.4 Å². The molecule has 0 spiro atoms.